The number of hydrogen-bond donors (Lipinski definition) is 1. The van der Waals surface area contributed by atoms with Gasteiger partial charge in [-0.05, 0) is 37.6 Å². The number of halogens is 1. The number of hydrogen-bond acceptors (Lipinski definition) is 2. The molecule has 132 valence electrons. The number of carbonyl (C=O) groups is 2. The molecule has 0 radical (unpaired) electrons. The zero-order chi connectivity index (χ0) is 17.5. The molecular formula is C19H27FN2O2. The first-order valence-corrected chi connectivity index (χ1v) is 8.87. The maximum absolute atomic E-state index is 13.0. The Morgan fingerprint density at radius 2 is 2.00 bits per heavy atom. The van der Waals surface area contributed by atoms with Crippen molar-refractivity contribution in [2.45, 2.75) is 58.4 Å². The molecular weight excluding hydrogens is 307 g/mol. The van der Waals surface area contributed by atoms with Crippen molar-refractivity contribution in [2.75, 3.05) is 11.4 Å². The first-order valence-electron chi connectivity index (χ1n) is 8.87. The van der Waals surface area contributed by atoms with Crippen LogP contribution in [0.3, 0.4) is 0 Å². The van der Waals surface area contributed by atoms with Gasteiger partial charge in [-0.1, -0.05) is 32.6 Å². The summed E-state index contributed by atoms with van der Waals surface area (Å²) >= 11 is 0. The van der Waals surface area contributed by atoms with Gasteiger partial charge in [0.2, 0.25) is 11.8 Å². The predicted molar refractivity (Wildman–Crippen MR) is 93.2 cm³/mol. The standard InChI is InChI=1S/C19H27FN2O2/c1-3-4-5-6-7-14(2)21-19(24)15-12-18(23)22(13-15)17-10-8-16(20)9-11-17/h8-11,14-15H,3-7,12-13H2,1-2H3,(H,21,24). The van der Waals surface area contributed by atoms with E-state index in [4.69, 9.17) is 0 Å². The molecule has 1 N–H and O–H groups in total. The van der Waals surface area contributed by atoms with Gasteiger partial charge in [0, 0.05) is 24.7 Å². The summed E-state index contributed by atoms with van der Waals surface area (Å²) in [5.74, 6) is -0.814. The second-order valence-corrected chi connectivity index (χ2v) is 6.64. The lowest BCUT2D eigenvalue weighted by Crippen LogP contribution is -2.38. The van der Waals surface area contributed by atoms with Crippen molar-refractivity contribution in [2.24, 2.45) is 5.92 Å². The maximum Gasteiger partial charge on any atom is 0.227 e. The van der Waals surface area contributed by atoms with Crippen molar-refractivity contribution in [1.29, 1.82) is 0 Å². The van der Waals surface area contributed by atoms with E-state index in [0.29, 0.717) is 12.2 Å². The van der Waals surface area contributed by atoms with E-state index in [0.717, 1.165) is 12.8 Å². The number of anilines is 1. The minimum atomic E-state index is -0.336. The molecule has 2 unspecified atom stereocenters. The summed E-state index contributed by atoms with van der Waals surface area (Å²) in [6.07, 6.45) is 5.91. The van der Waals surface area contributed by atoms with Gasteiger partial charge in [0.25, 0.3) is 0 Å². The number of unbranched alkanes of at least 4 members (excludes halogenated alkanes) is 3. The Labute approximate surface area is 143 Å². The van der Waals surface area contributed by atoms with Gasteiger partial charge in [-0.15, -0.1) is 0 Å². The van der Waals surface area contributed by atoms with Crippen LogP contribution in [0.15, 0.2) is 24.3 Å². The van der Waals surface area contributed by atoms with Gasteiger partial charge in [0.05, 0.1) is 5.92 Å². The van der Waals surface area contributed by atoms with Crippen molar-refractivity contribution < 1.29 is 14.0 Å². The first kappa shape index (κ1) is 18.4. The van der Waals surface area contributed by atoms with Crippen molar-refractivity contribution >= 4 is 17.5 Å². The molecule has 1 fully saturated rings. The molecule has 1 aromatic rings. The molecule has 2 atom stereocenters. The minimum Gasteiger partial charge on any atom is -0.353 e. The Balaban J connectivity index is 1.83. The Morgan fingerprint density at radius 1 is 1.29 bits per heavy atom. The van der Waals surface area contributed by atoms with E-state index in [9.17, 15) is 14.0 Å². The Morgan fingerprint density at radius 3 is 2.67 bits per heavy atom. The monoisotopic (exact) mass is 334 g/mol. The van der Waals surface area contributed by atoms with Crippen LogP contribution in [0.1, 0.15) is 52.4 Å². The molecule has 1 aliphatic heterocycles. The number of amides is 2. The van der Waals surface area contributed by atoms with E-state index in [1.165, 1.54) is 31.4 Å². The lowest BCUT2D eigenvalue weighted by atomic mass is 10.1. The van der Waals surface area contributed by atoms with E-state index in [-0.39, 0.29) is 36.0 Å². The molecule has 2 amide bonds. The Kier molecular flexibility index (Phi) is 6.76. The third-order valence-corrected chi connectivity index (χ3v) is 4.51. The van der Waals surface area contributed by atoms with Crippen LogP contribution >= 0.6 is 0 Å². The smallest absolute Gasteiger partial charge is 0.227 e. The highest BCUT2D eigenvalue weighted by Crippen LogP contribution is 2.25. The van der Waals surface area contributed by atoms with Gasteiger partial charge in [-0.2, -0.15) is 0 Å². The third kappa shape index (κ3) is 5.05. The SMILES string of the molecule is CCCCCCC(C)NC(=O)C1CC(=O)N(c2ccc(F)cc2)C1. The van der Waals surface area contributed by atoms with Crippen LogP contribution in [-0.4, -0.2) is 24.4 Å². The highest BCUT2D eigenvalue weighted by Gasteiger charge is 2.35. The molecule has 0 aliphatic carbocycles. The van der Waals surface area contributed by atoms with Crippen LogP contribution in [0.5, 0.6) is 0 Å². The molecule has 5 heteroatoms. The molecule has 0 bridgehead atoms. The van der Waals surface area contributed by atoms with Gasteiger partial charge in [-0.25, -0.2) is 4.39 Å². The van der Waals surface area contributed by atoms with E-state index < -0.39 is 0 Å². The van der Waals surface area contributed by atoms with E-state index in [2.05, 4.69) is 12.2 Å². The van der Waals surface area contributed by atoms with Crippen LogP contribution in [0.4, 0.5) is 10.1 Å². The molecule has 1 aliphatic rings. The minimum absolute atomic E-state index is 0.0593. The van der Waals surface area contributed by atoms with Gasteiger partial charge in [-0.3, -0.25) is 9.59 Å². The van der Waals surface area contributed by atoms with Gasteiger partial charge in [0.1, 0.15) is 5.82 Å². The summed E-state index contributed by atoms with van der Waals surface area (Å²) in [6.45, 7) is 4.55. The lowest BCUT2D eigenvalue weighted by Gasteiger charge is -2.18. The normalized spacial score (nSPS) is 18.7. The first-order chi connectivity index (χ1) is 11.5. The lowest BCUT2D eigenvalue weighted by molar-refractivity contribution is -0.126. The predicted octanol–water partition coefficient (Wildman–Crippen LogP) is 3.65. The Hall–Kier alpha value is -1.91. The molecule has 2 rings (SSSR count). The number of benzene rings is 1. The molecule has 0 saturated carbocycles. The average Bonchev–Trinajstić information content (AvgIpc) is 2.94. The van der Waals surface area contributed by atoms with Crippen molar-refractivity contribution in [1.82, 2.24) is 5.32 Å². The van der Waals surface area contributed by atoms with E-state index in [1.807, 2.05) is 6.92 Å². The van der Waals surface area contributed by atoms with Gasteiger partial charge in [0.15, 0.2) is 0 Å². The second kappa shape index (κ2) is 8.81. The Bertz CT molecular complexity index is 559. The molecule has 0 aromatic heterocycles. The van der Waals surface area contributed by atoms with Crippen molar-refractivity contribution in [3.63, 3.8) is 0 Å². The van der Waals surface area contributed by atoms with Crippen LogP contribution in [0.2, 0.25) is 0 Å². The number of rotatable bonds is 8. The van der Waals surface area contributed by atoms with Crippen molar-refractivity contribution in [3.05, 3.63) is 30.1 Å². The van der Waals surface area contributed by atoms with Gasteiger partial charge < -0.3 is 10.2 Å². The molecule has 24 heavy (non-hydrogen) atoms. The summed E-state index contributed by atoms with van der Waals surface area (Å²) < 4.78 is 13.0. The number of nitrogens with one attached hydrogen (secondary N) is 1. The van der Waals surface area contributed by atoms with Crippen LogP contribution in [0, 0.1) is 11.7 Å². The quantitative estimate of drug-likeness (QED) is 0.738. The highest BCUT2D eigenvalue weighted by molar-refractivity contribution is 6.00. The van der Waals surface area contributed by atoms with Crippen LogP contribution in [0.25, 0.3) is 0 Å². The molecule has 1 saturated heterocycles. The van der Waals surface area contributed by atoms with Crippen LogP contribution in [-0.2, 0) is 9.59 Å². The summed E-state index contributed by atoms with van der Waals surface area (Å²) in [7, 11) is 0. The van der Waals surface area contributed by atoms with Crippen molar-refractivity contribution in [3.8, 4) is 0 Å². The van der Waals surface area contributed by atoms with E-state index in [1.54, 1.807) is 17.0 Å². The molecule has 4 nitrogen and oxygen atoms in total. The fourth-order valence-corrected chi connectivity index (χ4v) is 3.06. The molecule has 1 aromatic carbocycles. The fourth-order valence-electron chi connectivity index (χ4n) is 3.06. The fraction of sp³-hybridized carbons (Fsp3) is 0.579. The molecule has 0 spiro atoms. The average molecular weight is 334 g/mol. The zero-order valence-corrected chi connectivity index (χ0v) is 14.6. The third-order valence-electron chi connectivity index (χ3n) is 4.51. The van der Waals surface area contributed by atoms with Crippen LogP contribution < -0.4 is 10.2 Å². The summed E-state index contributed by atoms with van der Waals surface area (Å²) in [4.78, 5) is 26.1. The number of carbonyl (C=O) groups excluding carboxylic acids is 2. The number of nitrogens with zero attached hydrogens (tertiary/aromatic N) is 1. The largest absolute Gasteiger partial charge is 0.353 e. The zero-order valence-electron chi connectivity index (χ0n) is 14.6. The second-order valence-electron chi connectivity index (χ2n) is 6.64. The summed E-state index contributed by atoms with van der Waals surface area (Å²) in [5, 5.41) is 3.02. The topological polar surface area (TPSA) is 49.4 Å². The molecule has 1 heterocycles. The van der Waals surface area contributed by atoms with E-state index >= 15 is 0 Å². The summed E-state index contributed by atoms with van der Waals surface area (Å²) in [6, 6.07) is 5.93. The maximum atomic E-state index is 13.0. The summed E-state index contributed by atoms with van der Waals surface area (Å²) in [5.41, 5.74) is 0.643. The van der Waals surface area contributed by atoms with Gasteiger partial charge >= 0.3 is 0 Å². The highest BCUT2D eigenvalue weighted by atomic mass is 19.1.